The van der Waals surface area contributed by atoms with Gasteiger partial charge in [0.05, 0.1) is 4.88 Å². The predicted molar refractivity (Wildman–Crippen MR) is 106 cm³/mol. The maximum Gasteiger partial charge on any atom is 0.358 e. The molecule has 4 aromatic rings. The number of aromatic nitrogens is 2. The molecule has 0 amide bonds. The van der Waals surface area contributed by atoms with Crippen molar-refractivity contribution in [3.8, 4) is 21.3 Å². The maximum atomic E-state index is 12.3. The van der Waals surface area contributed by atoms with E-state index < -0.39 is 5.97 Å². The van der Waals surface area contributed by atoms with Crippen molar-refractivity contribution < 1.29 is 13.9 Å². The molecule has 0 N–H and O–H groups in total. The third-order valence-electron chi connectivity index (χ3n) is 3.96. The predicted octanol–water partition coefficient (Wildman–Crippen LogP) is 5.45. The fraction of sp³-hybridized carbons (Fsp3) is 0.150. The van der Waals surface area contributed by atoms with Crippen LogP contribution in [0, 0.1) is 0 Å². The standard InChI is InChI=1S/C20H16N2O3S2/c1-2-13-5-7-14(8-6-13)19-22-16(12-27-19)20(23)25-11-15-10-24-18(21-15)17-4-3-9-26-17/h3-10,12H,2,11H2,1H3. The van der Waals surface area contributed by atoms with Gasteiger partial charge in [0.1, 0.15) is 23.6 Å². The Hall–Kier alpha value is -2.77. The number of ether oxygens (including phenoxy) is 1. The van der Waals surface area contributed by atoms with Crippen LogP contribution in [0.1, 0.15) is 28.7 Å². The van der Waals surface area contributed by atoms with E-state index in [-0.39, 0.29) is 6.61 Å². The van der Waals surface area contributed by atoms with Crippen LogP contribution in [0.4, 0.5) is 0 Å². The number of rotatable bonds is 6. The number of hydrogen-bond donors (Lipinski definition) is 0. The van der Waals surface area contributed by atoms with Crippen molar-refractivity contribution in [2.45, 2.75) is 20.0 Å². The van der Waals surface area contributed by atoms with Crippen molar-refractivity contribution in [3.05, 3.63) is 70.4 Å². The molecule has 4 rings (SSSR count). The Kier molecular flexibility index (Phi) is 5.13. The summed E-state index contributed by atoms with van der Waals surface area (Å²) in [5.41, 5.74) is 3.13. The molecule has 0 spiro atoms. The monoisotopic (exact) mass is 396 g/mol. The largest absolute Gasteiger partial charge is 0.454 e. The second-order valence-electron chi connectivity index (χ2n) is 5.79. The van der Waals surface area contributed by atoms with E-state index in [4.69, 9.17) is 9.15 Å². The summed E-state index contributed by atoms with van der Waals surface area (Å²) in [7, 11) is 0. The average molecular weight is 396 g/mol. The molecule has 0 bridgehead atoms. The first-order chi connectivity index (χ1) is 13.2. The van der Waals surface area contributed by atoms with E-state index >= 15 is 0 Å². The Morgan fingerprint density at radius 3 is 2.74 bits per heavy atom. The average Bonchev–Trinajstić information content (AvgIpc) is 3.47. The van der Waals surface area contributed by atoms with Crippen molar-refractivity contribution in [2.75, 3.05) is 0 Å². The lowest BCUT2D eigenvalue weighted by Gasteiger charge is -2.00. The molecule has 3 aromatic heterocycles. The van der Waals surface area contributed by atoms with E-state index in [0.717, 1.165) is 21.9 Å². The Labute approximate surface area is 164 Å². The minimum Gasteiger partial charge on any atom is -0.454 e. The van der Waals surface area contributed by atoms with Crippen LogP contribution >= 0.6 is 22.7 Å². The SMILES string of the molecule is CCc1ccc(-c2nc(C(=O)OCc3coc(-c4cccs4)n3)cs2)cc1. The number of hydrogen-bond acceptors (Lipinski definition) is 7. The van der Waals surface area contributed by atoms with Crippen molar-refractivity contribution in [3.63, 3.8) is 0 Å². The second kappa shape index (κ2) is 7.85. The first kappa shape index (κ1) is 17.6. The molecule has 0 radical (unpaired) electrons. The van der Waals surface area contributed by atoms with Gasteiger partial charge in [0.15, 0.2) is 5.69 Å². The zero-order valence-electron chi connectivity index (χ0n) is 14.5. The van der Waals surface area contributed by atoms with Crippen LogP contribution < -0.4 is 0 Å². The van der Waals surface area contributed by atoms with Gasteiger partial charge in [-0.1, -0.05) is 37.3 Å². The van der Waals surface area contributed by atoms with Gasteiger partial charge in [-0.15, -0.1) is 22.7 Å². The molecule has 0 aliphatic heterocycles. The molecule has 0 saturated carbocycles. The number of carbonyl (C=O) groups is 1. The quantitative estimate of drug-likeness (QED) is 0.406. The maximum absolute atomic E-state index is 12.3. The molecule has 136 valence electrons. The van der Waals surface area contributed by atoms with Crippen LogP contribution in [0.2, 0.25) is 0 Å². The van der Waals surface area contributed by atoms with Crippen LogP contribution in [0.5, 0.6) is 0 Å². The number of benzene rings is 1. The Balaban J connectivity index is 1.39. The zero-order valence-corrected chi connectivity index (χ0v) is 16.2. The third-order valence-corrected chi connectivity index (χ3v) is 5.71. The summed E-state index contributed by atoms with van der Waals surface area (Å²) in [6.07, 6.45) is 2.50. The first-order valence-corrected chi connectivity index (χ1v) is 10.2. The Morgan fingerprint density at radius 2 is 2.00 bits per heavy atom. The molecule has 0 aliphatic carbocycles. The fourth-order valence-electron chi connectivity index (χ4n) is 2.48. The first-order valence-electron chi connectivity index (χ1n) is 8.43. The van der Waals surface area contributed by atoms with Crippen LogP contribution in [-0.4, -0.2) is 15.9 Å². The Bertz CT molecular complexity index is 1030. The summed E-state index contributed by atoms with van der Waals surface area (Å²) in [6, 6.07) is 12.0. The summed E-state index contributed by atoms with van der Waals surface area (Å²) in [5.74, 6) is 0.0610. The second-order valence-corrected chi connectivity index (χ2v) is 7.59. The van der Waals surface area contributed by atoms with Gasteiger partial charge < -0.3 is 9.15 Å². The molecule has 0 atom stereocenters. The highest BCUT2D eigenvalue weighted by Crippen LogP contribution is 2.26. The number of thiazole rings is 1. The van der Waals surface area contributed by atoms with Crippen LogP contribution in [0.15, 0.2) is 57.8 Å². The lowest BCUT2D eigenvalue weighted by molar-refractivity contribution is 0.0462. The number of thiophene rings is 1. The normalized spacial score (nSPS) is 10.9. The lowest BCUT2D eigenvalue weighted by atomic mass is 10.1. The summed E-state index contributed by atoms with van der Waals surface area (Å²) >= 11 is 2.96. The Morgan fingerprint density at radius 1 is 1.15 bits per heavy atom. The fourth-order valence-corrected chi connectivity index (χ4v) is 3.93. The molecule has 0 unspecified atom stereocenters. The molecule has 0 fully saturated rings. The number of carbonyl (C=O) groups excluding carboxylic acids is 1. The van der Waals surface area contributed by atoms with Crippen molar-refractivity contribution in [1.29, 1.82) is 0 Å². The van der Waals surface area contributed by atoms with Gasteiger partial charge in [0.25, 0.3) is 0 Å². The van der Waals surface area contributed by atoms with E-state index in [0.29, 0.717) is 17.3 Å². The minimum atomic E-state index is -0.469. The zero-order chi connectivity index (χ0) is 18.6. The van der Waals surface area contributed by atoms with Crippen molar-refractivity contribution in [2.24, 2.45) is 0 Å². The molecule has 1 aromatic carbocycles. The van der Waals surface area contributed by atoms with Crippen LogP contribution in [0.25, 0.3) is 21.3 Å². The van der Waals surface area contributed by atoms with E-state index in [1.807, 2.05) is 29.6 Å². The number of esters is 1. The highest BCUT2D eigenvalue weighted by atomic mass is 32.1. The van der Waals surface area contributed by atoms with E-state index in [1.54, 1.807) is 16.7 Å². The van der Waals surface area contributed by atoms with Gasteiger partial charge in [-0.25, -0.2) is 14.8 Å². The van der Waals surface area contributed by atoms with Crippen LogP contribution in [0.3, 0.4) is 0 Å². The van der Waals surface area contributed by atoms with Gasteiger partial charge in [-0.3, -0.25) is 0 Å². The van der Waals surface area contributed by atoms with Gasteiger partial charge in [0, 0.05) is 10.9 Å². The van der Waals surface area contributed by atoms with Crippen molar-refractivity contribution in [1.82, 2.24) is 9.97 Å². The van der Waals surface area contributed by atoms with E-state index in [1.165, 1.54) is 23.2 Å². The molecular formula is C20H16N2O3S2. The van der Waals surface area contributed by atoms with Gasteiger partial charge in [-0.05, 0) is 23.4 Å². The number of oxazole rings is 1. The van der Waals surface area contributed by atoms with Crippen molar-refractivity contribution >= 4 is 28.6 Å². The molecule has 7 heteroatoms. The highest BCUT2D eigenvalue weighted by molar-refractivity contribution is 7.13. The topological polar surface area (TPSA) is 65.2 Å². The smallest absolute Gasteiger partial charge is 0.358 e. The van der Waals surface area contributed by atoms with E-state index in [2.05, 4.69) is 29.0 Å². The van der Waals surface area contributed by atoms with Crippen LogP contribution in [-0.2, 0) is 17.8 Å². The molecule has 0 aliphatic rings. The van der Waals surface area contributed by atoms with Gasteiger partial charge in [0.2, 0.25) is 5.89 Å². The highest BCUT2D eigenvalue weighted by Gasteiger charge is 2.15. The lowest BCUT2D eigenvalue weighted by Crippen LogP contribution is -2.05. The molecular weight excluding hydrogens is 380 g/mol. The number of nitrogens with zero attached hydrogens (tertiary/aromatic N) is 2. The van der Waals surface area contributed by atoms with Gasteiger partial charge in [-0.2, -0.15) is 0 Å². The van der Waals surface area contributed by atoms with E-state index in [9.17, 15) is 4.79 Å². The minimum absolute atomic E-state index is 0.0474. The molecule has 0 saturated heterocycles. The van der Waals surface area contributed by atoms with Gasteiger partial charge >= 0.3 is 5.97 Å². The summed E-state index contributed by atoms with van der Waals surface area (Å²) in [5, 5.41) is 4.46. The molecule has 5 nitrogen and oxygen atoms in total. The number of aryl methyl sites for hydroxylation is 1. The summed E-state index contributed by atoms with van der Waals surface area (Å²) in [6.45, 7) is 2.16. The molecule has 3 heterocycles. The summed E-state index contributed by atoms with van der Waals surface area (Å²) in [4.78, 5) is 21.9. The third kappa shape index (κ3) is 3.99. The molecule has 27 heavy (non-hydrogen) atoms. The summed E-state index contributed by atoms with van der Waals surface area (Å²) < 4.78 is 10.7.